The maximum Gasteiger partial charge on any atom is 0.277 e. The summed E-state index contributed by atoms with van der Waals surface area (Å²) >= 11 is 1.10. The molecule has 0 aliphatic rings. The van der Waals surface area contributed by atoms with Crippen molar-refractivity contribution in [1.82, 2.24) is 15.5 Å². The summed E-state index contributed by atoms with van der Waals surface area (Å²) in [6, 6.07) is 11.5. The summed E-state index contributed by atoms with van der Waals surface area (Å²) < 4.78 is 36.9. The van der Waals surface area contributed by atoms with Gasteiger partial charge in [-0.1, -0.05) is 23.9 Å². The van der Waals surface area contributed by atoms with Gasteiger partial charge in [0.2, 0.25) is 5.91 Å². The van der Waals surface area contributed by atoms with E-state index in [1.807, 2.05) is 0 Å². The van der Waals surface area contributed by atoms with Crippen LogP contribution >= 0.6 is 11.8 Å². The number of benzene rings is 2. The van der Waals surface area contributed by atoms with E-state index < -0.39 is 6.10 Å². The highest BCUT2D eigenvalue weighted by molar-refractivity contribution is 7.99. The van der Waals surface area contributed by atoms with Crippen molar-refractivity contribution in [2.45, 2.75) is 24.8 Å². The average Bonchev–Trinajstić information content (AvgIpc) is 3.17. The van der Waals surface area contributed by atoms with Gasteiger partial charge in [0.15, 0.2) is 6.10 Å². The lowest BCUT2D eigenvalue weighted by molar-refractivity contribution is -0.118. The van der Waals surface area contributed by atoms with Crippen molar-refractivity contribution in [2.75, 3.05) is 5.75 Å². The summed E-state index contributed by atoms with van der Waals surface area (Å²) in [5.74, 6) is -0.0786. The number of rotatable bonds is 8. The molecule has 0 saturated heterocycles. The highest BCUT2D eigenvalue weighted by Gasteiger charge is 2.17. The molecule has 0 saturated carbocycles. The predicted molar refractivity (Wildman–Crippen MR) is 98.7 cm³/mol. The first kappa shape index (κ1) is 19.8. The van der Waals surface area contributed by atoms with Crippen LogP contribution in [0.15, 0.2) is 58.2 Å². The van der Waals surface area contributed by atoms with Gasteiger partial charge in [0, 0.05) is 6.54 Å². The molecule has 3 aromatic rings. The molecule has 1 atom stereocenters. The molecule has 0 aliphatic heterocycles. The zero-order valence-corrected chi connectivity index (χ0v) is 15.7. The average molecular weight is 405 g/mol. The molecule has 1 aromatic heterocycles. The minimum absolute atomic E-state index is 0.0933. The maximum absolute atomic E-state index is 12.9. The molecule has 1 N–H and O–H groups in total. The molecule has 0 radical (unpaired) electrons. The highest BCUT2D eigenvalue weighted by atomic mass is 32.2. The van der Waals surface area contributed by atoms with Gasteiger partial charge in [-0.25, -0.2) is 8.78 Å². The molecule has 6 nitrogen and oxygen atoms in total. The van der Waals surface area contributed by atoms with Crippen LogP contribution in [-0.4, -0.2) is 21.9 Å². The molecule has 3 rings (SSSR count). The molecular weight excluding hydrogens is 388 g/mol. The first-order valence-electron chi connectivity index (χ1n) is 8.39. The van der Waals surface area contributed by atoms with Gasteiger partial charge >= 0.3 is 0 Å². The van der Waals surface area contributed by atoms with Gasteiger partial charge in [-0.3, -0.25) is 4.79 Å². The van der Waals surface area contributed by atoms with E-state index >= 15 is 0 Å². The smallest absolute Gasteiger partial charge is 0.277 e. The van der Waals surface area contributed by atoms with Gasteiger partial charge in [-0.15, -0.1) is 10.2 Å². The van der Waals surface area contributed by atoms with E-state index in [4.69, 9.17) is 9.15 Å². The molecule has 146 valence electrons. The molecule has 1 amide bonds. The Bertz CT molecular complexity index is 917. The third-order valence-corrected chi connectivity index (χ3v) is 4.44. The minimum Gasteiger partial charge on any atom is -0.481 e. The van der Waals surface area contributed by atoms with Crippen LogP contribution in [0, 0.1) is 11.6 Å². The molecule has 1 heterocycles. The largest absolute Gasteiger partial charge is 0.481 e. The Balaban J connectivity index is 1.45. The van der Waals surface area contributed by atoms with E-state index in [1.54, 1.807) is 19.1 Å². The lowest BCUT2D eigenvalue weighted by Gasteiger charge is -2.10. The Morgan fingerprint density at radius 1 is 1.11 bits per heavy atom. The Morgan fingerprint density at radius 3 is 2.43 bits per heavy atom. The second kappa shape index (κ2) is 9.32. The molecule has 0 aliphatic carbocycles. The fourth-order valence-corrected chi connectivity index (χ4v) is 2.79. The van der Waals surface area contributed by atoms with Gasteiger partial charge in [0.05, 0.1) is 5.75 Å². The molecule has 2 aromatic carbocycles. The first-order chi connectivity index (χ1) is 13.5. The number of thioether (sulfide) groups is 1. The van der Waals surface area contributed by atoms with E-state index in [1.165, 1.54) is 36.4 Å². The summed E-state index contributed by atoms with van der Waals surface area (Å²) in [6.07, 6.45) is -0.528. The van der Waals surface area contributed by atoms with Crippen molar-refractivity contribution < 1.29 is 22.7 Å². The summed E-state index contributed by atoms with van der Waals surface area (Å²) in [4.78, 5) is 11.9. The maximum atomic E-state index is 12.9. The number of nitrogens with one attached hydrogen (secondary N) is 1. The van der Waals surface area contributed by atoms with Crippen molar-refractivity contribution in [1.29, 1.82) is 0 Å². The zero-order valence-electron chi connectivity index (χ0n) is 14.9. The number of ether oxygens (including phenoxy) is 1. The topological polar surface area (TPSA) is 77.2 Å². The number of carbonyl (C=O) groups excluding carboxylic acids is 1. The molecule has 9 heteroatoms. The standard InChI is InChI=1S/C19H17F2N3O3S/c1-12(26-16-8-6-15(21)7-9-16)18-23-24-19(27-18)28-11-17(25)22-10-13-2-4-14(20)5-3-13/h2-9,12H,10-11H2,1H3,(H,22,25)/t12-/m0/s1. The van der Waals surface area contributed by atoms with Crippen molar-refractivity contribution >= 4 is 17.7 Å². The number of nitrogens with zero attached hydrogens (tertiary/aromatic N) is 2. The fourth-order valence-electron chi connectivity index (χ4n) is 2.19. The van der Waals surface area contributed by atoms with Crippen molar-refractivity contribution in [3.05, 3.63) is 71.6 Å². The normalized spacial score (nSPS) is 11.8. The Morgan fingerprint density at radius 2 is 1.75 bits per heavy atom. The van der Waals surface area contributed by atoms with Gasteiger partial charge in [0.25, 0.3) is 11.1 Å². The van der Waals surface area contributed by atoms with Crippen molar-refractivity contribution in [3.63, 3.8) is 0 Å². The zero-order chi connectivity index (χ0) is 19.9. The van der Waals surface area contributed by atoms with Crippen LogP contribution in [0.2, 0.25) is 0 Å². The van der Waals surface area contributed by atoms with E-state index in [-0.39, 0.29) is 34.4 Å². The Kier molecular flexibility index (Phi) is 6.59. The van der Waals surface area contributed by atoms with Crippen LogP contribution < -0.4 is 10.1 Å². The molecule has 28 heavy (non-hydrogen) atoms. The summed E-state index contributed by atoms with van der Waals surface area (Å²) in [5, 5.41) is 10.7. The van der Waals surface area contributed by atoms with Crippen LogP contribution in [0.4, 0.5) is 8.78 Å². The quantitative estimate of drug-likeness (QED) is 0.573. The van der Waals surface area contributed by atoms with Gasteiger partial charge < -0.3 is 14.5 Å². The van der Waals surface area contributed by atoms with Crippen molar-refractivity contribution in [3.8, 4) is 5.75 Å². The highest BCUT2D eigenvalue weighted by Crippen LogP contribution is 2.24. The third-order valence-electron chi connectivity index (χ3n) is 3.63. The molecular formula is C19H17F2N3O3S. The molecule has 0 fully saturated rings. The lowest BCUT2D eigenvalue weighted by Crippen LogP contribution is -2.24. The van der Waals surface area contributed by atoms with E-state index in [0.29, 0.717) is 12.3 Å². The lowest BCUT2D eigenvalue weighted by atomic mass is 10.2. The number of carbonyl (C=O) groups is 1. The predicted octanol–water partition coefficient (Wildman–Crippen LogP) is 3.90. The van der Waals surface area contributed by atoms with E-state index in [0.717, 1.165) is 17.3 Å². The van der Waals surface area contributed by atoms with Crippen LogP contribution in [0.25, 0.3) is 0 Å². The summed E-state index contributed by atoms with van der Waals surface area (Å²) in [7, 11) is 0. The van der Waals surface area contributed by atoms with Crippen LogP contribution in [-0.2, 0) is 11.3 Å². The van der Waals surface area contributed by atoms with Gasteiger partial charge in [-0.05, 0) is 48.9 Å². The number of halogens is 2. The SMILES string of the molecule is C[C@H](Oc1ccc(F)cc1)c1nnc(SCC(=O)NCc2ccc(F)cc2)o1. The monoisotopic (exact) mass is 405 g/mol. The van der Waals surface area contributed by atoms with Gasteiger partial charge in [0.1, 0.15) is 17.4 Å². The fraction of sp³-hybridized carbons (Fsp3) is 0.211. The van der Waals surface area contributed by atoms with Crippen LogP contribution in [0.5, 0.6) is 5.75 Å². The summed E-state index contributed by atoms with van der Waals surface area (Å²) in [5.41, 5.74) is 0.798. The molecule has 0 bridgehead atoms. The molecule has 0 unspecified atom stereocenters. The summed E-state index contributed by atoms with van der Waals surface area (Å²) in [6.45, 7) is 2.03. The number of hydrogen-bond donors (Lipinski definition) is 1. The number of amides is 1. The second-order valence-corrected chi connectivity index (χ2v) is 6.74. The van der Waals surface area contributed by atoms with E-state index in [9.17, 15) is 13.6 Å². The van der Waals surface area contributed by atoms with Crippen LogP contribution in [0.1, 0.15) is 24.5 Å². The number of aromatic nitrogens is 2. The Hall–Kier alpha value is -2.94. The van der Waals surface area contributed by atoms with Crippen molar-refractivity contribution in [2.24, 2.45) is 0 Å². The van der Waals surface area contributed by atoms with E-state index in [2.05, 4.69) is 15.5 Å². The minimum atomic E-state index is -0.528. The van der Waals surface area contributed by atoms with Crippen LogP contribution in [0.3, 0.4) is 0 Å². The number of hydrogen-bond acceptors (Lipinski definition) is 6. The molecule has 0 spiro atoms. The Labute approximate surface area is 164 Å². The van der Waals surface area contributed by atoms with Gasteiger partial charge in [-0.2, -0.15) is 0 Å². The first-order valence-corrected chi connectivity index (χ1v) is 9.38. The third kappa shape index (κ3) is 5.78. The second-order valence-electron chi connectivity index (χ2n) is 5.81.